The molecule has 3 amide bonds. The Hall–Kier alpha value is -5.01. The molecule has 6 N–H and O–H groups in total. The van der Waals surface area contributed by atoms with Crippen molar-refractivity contribution in [3.8, 4) is 5.75 Å². The lowest BCUT2D eigenvalue weighted by Crippen LogP contribution is -2.55. The second-order valence-corrected chi connectivity index (χ2v) is 13.1. The number of nitrogens with one attached hydrogen (secondary N) is 2. The molecule has 49 heavy (non-hydrogen) atoms. The number of Topliss-reactive ketones (excluding diaryl/α,β-unsaturated/α-hetero) is 2. The predicted molar refractivity (Wildman–Crippen MR) is 181 cm³/mol. The van der Waals surface area contributed by atoms with Gasteiger partial charge in [-0.3, -0.25) is 33.8 Å². The first-order chi connectivity index (χ1) is 23.1. The van der Waals surface area contributed by atoms with Crippen LogP contribution >= 0.6 is 7.82 Å². The first-order valence-electron chi connectivity index (χ1n) is 15.4. The van der Waals surface area contributed by atoms with E-state index in [-0.39, 0.29) is 24.5 Å². The fourth-order valence-electron chi connectivity index (χ4n) is 5.31. The Balaban J connectivity index is 1.70. The monoisotopic (exact) mass is 691 g/mol. The summed E-state index contributed by atoms with van der Waals surface area (Å²) >= 11 is 0. The average Bonchev–Trinajstić information content (AvgIpc) is 3.15. The summed E-state index contributed by atoms with van der Waals surface area (Å²) in [4.78, 5) is 90.3. The highest BCUT2D eigenvalue weighted by molar-refractivity contribution is 7.46. The average molecular weight is 692 g/mol. The Labute approximate surface area is 283 Å². The van der Waals surface area contributed by atoms with E-state index in [4.69, 9.17) is 15.5 Å². The van der Waals surface area contributed by atoms with Crippen LogP contribution < -0.4 is 25.8 Å². The number of rotatable bonds is 14. The molecule has 0 aromatic heterocycles. The van der Waals surface area contributed by atoms with Crippen molar-refractivity contribution >= 4 is 48.5 Å². The fraction of sp³-hybridized carbons (Fsp3) is 0.294. The molecule has 0 saturated heterocycles. The molecule has 0 spiro atoms. The number of anilines is 1. The number of benzodiazepines with no additional fused rings is 1. The van der Waals surface area contributed by atoms with Crippen LogP contribution in [-0.2, 0) is 35.0 Å². The minimum atomic E-state index is -4.79. The van der Waals surface area contributed by atoms with Gasteiger partial charge in [0.2, 0.25) is 29.5 Å². The third-order valence-corrected chi connectivity index (χ3v) is 7.90. The normalized spacial score (nSPS) is 15.7. The van der Waals surface area contributed by atoms with Crippen molar-refractivity contribution in [3.05, 3.63) is 95.6 Å². The van der Waals surface area contributed by atoms with Gasteiger partial charge in [0.1, 0.15) is 11.8 Å². The summed E-state index contributed by atoms with van der Waals surface area (Å²) in [5.74, 6) is -3.89. The fourth-order valence-corrected chi connectivity index (χ4v) is 5.70. The van der Waals surface area contributed by atoms with Gasteiger partial charge in [0.15, 0.2) is 0 Å². The Kier molecular flexibility index (Phi) is 12.0. The zero-order valence-electron chi connectivity index (χ0n) is 27.1. The van der Waals surface area contributed by atoms with E-state index in [2.05, 4.69) is 20.1 Å². The van der Waals surface area contributed by atoms with Gasteiger partial charge in [0, 0.05) is 24.5 Å². The van der Waals surface area contributed by atoms with Gasteiger partial charge in [0.25, 0.3) is 5.91 Å². The number of nitrogens with zero attached hydrogens (tertiary/aromatic N) is 2. The maximum absolute atomic E-state index is 14.2. The number of nitrogens with two attached hydrogens (primary N) is 1. The van der Waals surface area contributed by atoms with Crippen LogP contribution in [0.3, 0.4) is 0 Å². The second-order valence-electron chi connectivity index (χ2n) is 11.9. The van der Waals surface area contributed by atoms with E-state index < -0.39 is 61.9 Å². The van der Waals surface area contributed by atoms with Gasteiger partial charge in [-0.15, -0.1) is 0 Å². The molecule has 0 unspecified atom stereocenters. The quantitative estimate of drug-likeness (QED) is 0.122. The van der Waals surface area contributed by atoms with Gasteiger partial charge >= 0.3 is 7.82 Å². The number of carbonyl (C=O) groups excluding carboxylic acids is 5. The van der Waals surface area contributed by atoms with E-state index in [9.17, 15) is 28.5 Å². The van der Waals surface area contributed by atoms with Gasteiger partial charge in [-0.05, 0) is 36.1 Å². The lowest BCUT2D eigenvalue weighted by atomic mass is 9.98. The molecular formula is C34H38N5O9P. The largest absolute Gasteiger partial charge is 0.524 e. The number of carbonyl (C=O) groups is 5. The van der Waals surface area contributed by atoms with Crippen molar-refractivity contribution in [2.75, 3.05) is 11.4 Å². The predicted octanol–water partition coefficient (Wildman–Crippen LogP) is 2.04. The molecule has 0 aliphatic carbocycles. The van der Waals surface area contributed by atoms with Crippen LogP contribution in [0.25, 0.3) is 0 Å². The van der Waals surface area contributed by atoms with Crippen LogP contribution in [0.4, 0.5) is 5.69 Å². The van der Waals surface area contributed by atoms with Crippen molar-refractivity contribution in [3.63, 3.8) is 0 Å². The first kappa shape index (κ1) is 36.8. The number of aliphatic imine (C=N–C) groups is 1. The summed E-state index contributed by atoms with van der Waals surface area (Å²) in [7, 11) is -4.79. The molecule has 1 aliphatic heterocycles. The van der Waals surface area contributed by atoms with E-state index in [1.807, 2.05) is 13.8 Å². The molecule has 1 heterocycles. The van der Waals surface area contributed by atoms with E-state index in [1.165, 1.54) is 31.2 Å². The van der Waals surface area contributed by atoms with Crippen LogP contribution in [-0.4, -0.2) is 69.6 Å². The van der Waals surface area contributed by atoms with Crippen LogP contribution in [0.15, 0.2) is 83.9 Å². The molecule has 258 valence electrons. The number of amides is 3. The second kappa shape index (κ2) is 15.9. The van der Waals surface area contributed by atoms with Gasteiger partial charge < -0.3 is 25.8 Å². The molecule has 3 aromatic carbocycles. The SMILES string of the molecule is CC(=O)N[C@@H](Cc1ccc(OP(=O)(O)O)cc1)C(=O)N[C@@H]1N=C(c2ccccc2)c2ccccc2N(CC(=O)C(=O)[C@@H](N)CC(C)C)C1=O. The highest BCUT2D eigenvalue weighted by Crippen LogP contribution is 2.37. The van der Waals surface area contributed by atoms with Crippen molar-refractivity contribution in [1.29, 1.82) is 0 Å². The number of ketones is 2. The van der Waals surface area contributed by atoms with E-state index in [0.717, 1.165) is 4.90 Å². The molecule has 0 saturated carbocycles. The lowest BCUT2D eigenvalue weighted by molar-refractivity contribution is -0.137. The number of phosphoric ester groups is 1. The molecule has 0 bridgehead atoms. The lowest BCUT2D eigenvalue weighted by Gasteiger charge is -2.26. The first-order valence-corrected chi connectivity index (χ1v) is 16.9. The van der Waals surface area contributed by atoms with Gasteiger partial charge in [-0.2, -0.15) is 0 Å². The number of phosphoric acid groups is 1. The number of hydrogen-bond donors (Lipinski definition) is 5. The summed E-state index contributed by atoms with van der Waals surface area (Å²) in [6.07, 6.45) is -1.39. The molecule has 3 atom stereocenters. The molecule has 0 fully saturated rings. The Morgan fingerprint density at radius 1 is 0.980 bits per heavy atom. The smallest absolute Gasteiger partial charge is 0.404 e. The standard InChI is InChI=1S/C34H38N5O9P/c1-20(2)17-26(35)31(42)29(41)19-39-28-12-8-7-11-25(28)30(23-9-5-4-6-10-23)37-32(34(39)44)38-33(43)27(36-21(3)40)18-22-13-15-24(16-14-22)48-49(45,46)47/h4-16,20,26-27,32H,17-19,35H2,1-3H3,(H,36,40)(H,38,43)(H2,45,46,47)/t26-,27-,32-/m0/s1. The molecule has 1 aliphatic rings. The van der Waals surface area contributed by atoms with E-state index in [0.29, 0.717) is 28.1 Å². The van der Waals surface area contributed by atoms with Crippen molar-refractivity contribution in [2.24, 2.45) is 16.6 Å². The van der Waals surface area contributed by atoms with Crippen molar-refractivity contribution < 1.29 is 42.8 Å². The molecule has 15 heteroatoms. The summed E-state index contributed by atoms with van der Waals surface area (Å²) in [6.45, 7) is 4.30. The summed E-state index contributed by atoms with van der Waals surface area (Å²) in [5.41, 5.74) is 8.22. The third kappa shape index (κ3) is 10.00. The maximum Gasteiger partial charge on any atom is 0.524 e. The molecular weight excluding hydrogens is 653 g/mol. The number of benzene rings is 3. The minimum absolute atomic E-state index is 0.0521. The number of para-hydroxylation sites is 1. The highest BCUT2D eigenvalue weighted by atomic mass is 31.2. The number of fused-ring (bicyclic) bond motifs is 1. The summed E-state index contributed by atoms with van der Waals surface area (Å²) < 4.78 is 15.7. The minimum Gasteiger partial charge on any atom is -0.404 e. The topological polar surface area (TPSA) is 218 Å². The molecule has 4 rings (SSSR count). The zero-order valence-corrected chi connectivity index (χ0v) is 28.0. The summed E-state index contributed by atoms with van der Waals surface area (Å²) in [6, 6.07) is 18.9. The number of hydrogen-bond acceptors (Lipinski definition) is 9. The maximum atomic E-state index is 14.2. The third-order valence-electron chi connectivity index (χ3n) is 7.45. The van der Waals surface area contributed by atoms with Crippen LogP contribution in [0.1, 0.15) is 43.9 Å². The van der Waals surface area contributed by atoms with Crippen LogP contribution in [0.2, 0.25) is 0 Å². The Bertz CT molecular complexity index is 1790. The Morgan fingerprint density at radius 2 is 1.61 bits per heavy atom. The Morgan fingerprint density at radius 3 is 2.22 bits per heavy atom. The van der Waals surface area contributed by atoms with Crippen LogP contribution in [0, 0.1) is 5.92 Å². The molecule has 0 radical (unpaired) electrons. The molecule has 14 nitrogen and oxygen atoms in total. The van der Waals surface area contributed by atoms with Gasteiger partial charge in [-0.25, -0.2) is 9.56 Å². The zero-order chi connectivity index (χ0) is 35.9. The van der Waals surface area contributed by atoms with E-state index >= 15 is 0 Å². The highest BCUT2D eigenvalue weighted by Gasteiger charge is 2.37. The van der Waals surface area contributed by atoms with Crippen molar-refractivity contribution in [2.45, 2.75) is 51.9 Å². The molecule has 3 aromatic rings. The van der Waals surface area contributed by atoms with Crippen molar-refractivity contribution in [1.82, 2.24) is 10.6 Å². The summed E-state index contributed by atoms with van der Waals surface area (Å²) in [5, 5.41) is 5.17. The van der Waals surface area contributed by atoms with Crippen LogP contribution in [0.5, 0.6) is 5.75 Å². The van der Waals surface area contributed by atoms with Gasteiger partial charge in [0.05, 0.1) is 24.0 Å². The van der Waals surface area contributed by atoms with E-state index in [1.54, 1.807) is 54.6 Å². The van der Waals surface area contributed by atoms with Gasteiger partial charge in [-0.1, -0.05) is 74.5 Å².